The maximum atomic E-state index is 13.2. The molecular weight excluding hydrogens is 269 g/mol. The molecule has 5 heteroatoms. The van der Waals surface area contributed by atoms with E-state index in [4.69, 9.17) is 16.3 Å². The molecule has 0 aliphatic rings. The Labute approximate surface area is 115 Å². The normalized spacial score (nSPS) is 10.3. The number of hydrogen-bond donors (Lipinski definition) is 2. The number of anilines is 1. The molecule has 2 aromatic carbocycles. The molecule has 0 atom stereocenters. The highest BCUT2D eigenvalue weighted by Gasteiger charge is 2.07. The van der Waals surface area contributed by atoms with Gasteiger partial charge in [0.1, 0.15) is 5.75 Å². The van der Waals surface area contributed by atoms with Crippen molar-refractivity contribution in [3.05, 3.63) is 52.8 Å². The Morgan fingerprint density at radius 3 is 2.79 bits per heavy atom. The van der Waals surface area contributed by atoms with Gasteiger partial charge in [-0.15, -0.1) is 0 Å². The number of ether oxygens (including phenoxy) is 1. The van der Waals surface area contributed by atoms with E-state index in [9.17, 15) is 9.50 Å². The number of phenols is 1. The summed E-state index contributed by atoms with van der Waals surface area (Å²) in [4.78, 5) is 0. The third-order valence-corrected chi connectivity index (χ3v) is 3.07. The second-order valence-corrected chi connectivity index (χ2v) is 4.35. The molecule has 0 bridgehead atoms. The van der Waals surface area contributed by atoms with Gasteiger partial charge in [-0.3, -0.25) is 0 Å². The fourth-order valence-corrected chi connectivity index (χ4v) is 1.92. The van der Waals surface area contributed by atoms with E-state index in [0.717, 1.165) is 0 Å². The van der Waals surface area contributed by atoms with Crippen molar-refractivity contribution in [1.82, 2.24) is 0 Å². The van der Waals surface area contributed by atoms with Crippen LogP contribution in [0.2, 0.25) is 5.02 Å². The minimum absolute atomic E-state index is 0.120. The van der Waals surface area contributed by atoms with Crippen LogP contribution in [0.4, 0.5) is 10.1 Å². The van der Waals surface area contributed by atoms with E-state index in [-0.39, 0.29) is 11.5 Å². The summed E-state index contributed by atoms with van der Waals surface area (Å²) in [5.74, 6) is -0.143. The van der Waals surface area contributed by atoms with E-state index in [0.29, 0.717) is 22.8 Å². The molecule has 0 spiro atoms. The lowest BCUT2D eigenvalue weighted by molar-refractivity contribution is 0.387. The summed E-state index contributed by atoms with van der Waals surface area (Å²) >= 11 is 5.99. The molecule has 100 valence electrons. The minimum atomic E-state index is -0.423. The Morgan fingerprint density at radius 2 is 2.11 bits per heavy atom. The third-order valence-electron chi connectivity index (χ3n) is 2.71. The lowest BCUT2D eigenvalue weighted by Gasteiger charge is -2.11. The number of methoxy groups -OCH3 is 1. The number of phenolic OH excluding ortho intramolecular Hbond substituents is 1. The summed E-state index contributed by atoms with van der Waals surface area (Å²) in [6.07, 6.45) is 0. The van der Waals surface area contributed by atoms with Gasteiger partial charge in [0.25, 0.3) is 0 Å². The molecule has 3 nitrogen and oxygen atoms in total. The molecule has 2 N–H and O–H groups in total. The molecule has 19 heavy (non-hydrogen) atoms. The Balaban J connectivity index is 2.15. The lowest BCUT2D eigenvalue weighted by atomic mass is 10.2. The van der Waals surface area contributed by atoms with Crippen LogP contribution in [0.5, 0.6) is 11.5 Å². The molecule has 0 aromatic heterocycles. The molecule has 0 fully saturated rings. The first kappa shape index (κ1) is 13.5. The highest BCUT2D eigenvalue weighted by molar-refractivity contribution is 6.31. The number of nitrogens with one attached hydrogen (secondary N) is 1. The predicted octanol–water partition coefficient (Wildman–Crippen LogP) is 3.81. The van der Waals surface area contributed by atoms with E-state index in [2.05, 4.69) is 5.32 Å². The lowest BCUT2D eigenvalue weighted by Crippen LogP contribution is -2.01. The Kier molecular flexibility index (Phi) is 4.12. The second-order valence-electron chi connectivity index (χ2n) is 3.94. The van der Waals surface area contributed by atoms with Crippen LogP contribution < -0.4 is 10.1 Å². The molecule has 0 saturated heterocycles. The van der Waals surface area contributed by atoms with Crippen molar-refractivity contribution < 1.29 is 14.2 Å². The maximum Gasteiger partial charge on any atom is 0.165 e. The topological polar surface area (TPSA) is 41.5 Å². The average Bonchev–Trinajstić information content (AvgIpc) is 2.40. The third kappa shape index (κ3) is 3.09. The molecule has 0 amide bonds. The van der Waals surface area contributed by atoms with E-state index in [1.165, 1.54) is 13.2 Å². The molecule has 0 aliphatic carbocycles. The van der Waals surface area contributed by atoms with Crippen LogP contribution in [-0.2, 0) is 6.54 Å². The van der Waals surface area contributed by atoms with Gasteiger partial charge in [0, 0.05) is 28.9 Å². The molecule has 0 aliphatic heterocycles. The standard InChI is InChI=1S/C14H13ClFNO2/c1-19-14-7-9(5-6-12(14)16)17-8-10-11(15)3-2-4-13(10)18/h2-7,17-18H,8H2,1H3. The summed E-state index contributed by atoms with van der Waals surface area (Å²) in [7, 11) is 1.40. The Bertz CT molecular complexity index is 569. The second kappa shape index (κ2) is 5.80. The summed E-state index contributed by atoms with van der Waals surface area (Å²) in [6, 6.07) is 9.38. The van der Waals surface area contributed by atoms with Gasteiger partial charge in [-0.25, -0.2) is 4.39 Å². The Morgan fingerprint density at radius 1 is 1.32 bits per heavy atom. The molecule has 0 radical (unpaired) electrons. The van der Waals surface area contributed by atoms with Gasteiger partial charge in [0.05, 0.1) is 7.11 Å². The highest BCUT2D eigenvalue weighted by atomic mass is 35.5. The fraction of sp³-hybridized carbons (Fsp3) is 0.143. The molecular formula is C14H13ClFNO2. The SMILES string of the molecule is COc1cc(NCc2c(O)cccc2Cl)ccc1F. The van der Waals surface area contributed by atoms with E-state index >= 15 is 0 Å². The summed E-state index contributed by atoms with van der Waals surface area (Å²) in [5.41, 5.74) is 1.27. The van der Waals surface area contributed by atoms with Crippen molar-refractivity contribution in [2.45, 2.75) is 6.54 Å². The van der Waals surface area contributed by atoms with Crippen LogP contribution in [0.3, 0.4) is 0 Å². The predicted molar refractivity (Wildman–Crippen MR) is 73.4 cm³/mol. The number of rotatable bonds is 4. The van der Waals surface area contributed by atoms with Crippen molar-refractivity contribution in [2.75, 3.05) is 12.4 Å². The van der Waals surface area contributed by atoms with E-state index in [1.807, 2.05) is 0 Å². The van der Waals surface area contributed by atoms with Crippen molar-refractivity contribution >= 4 is 17.3 Å². The van der Waals surface area contributed by atoms with Crippen LogP contribution in [-0.4, -0.2) is 12.2 Å². The highest BCUT2D eigenvalue weighted by Crippen LogP contribution is 2.27. The van der Waals surface area contributed by atoms with Crippen LogP contribution in [0.25, 0.3) is 0 Å². The largest absolute Gasteiger partial charge is 0.508 e. The van der Waals surface area contributed by atoms with Crippen molar-refractivity contribution in [2.24, 2.45) is 0 Å². The Hall–Kier alpha value is -1.94. The molecule has 2 rings (SSSR count). The first-order valence-corrected chi connectivity index (χ1v) is 6.03. The van der Waals surface area contributed by atoms with Crippen LogP contribution in [0.1, 0.15) is 5.56 Å². The first-order chi connectivity index (χ1) is 9.11. The van der Waals surface area contributed by atoms with Gasteiger partial charge in [-0.05, 0) is 24.3 Å². The zero-order valence-corrected chi connectivity index (χ0v) is 11.0. The maximum absolute atomic E-state index is 13.2. The van der Waals surface area contributed by atoms with Crippen LogP contribution in [0, 0.1) is 5.82 Å². The monoisotopic (exact) mass is 281 g/mol. The quantitative estimate of drug-likeness (QED) is 0.895. The molecule has 0 heterocycles. The number of benzene rings is 2. The van der Waals surface area contributed by atoms with Crippen molar-refractivity contribution in [1.29, 1.82) is 0 Å². The van der Waals surface area contributed by atoms with Crippen molar-refractivity contribution in [3.8, 4) is 11.5 Å². The summed E-state index contributed by atoms with van der Waals surface area (Å²) < 4.78 is 18.1. The van der Waals surface area contributed by atoms with Crippen LogP contribution >= 0.6 is 11.6 Å². The minimum Gasteiger partial charge on any atom is -0.508 e. The van der Waals surface area contributed by atoms with Gasteiger partial charge in [0.2, 0.25) is 0 Å². The zero-order chi connectivity index (χ0) is 13.8. The van der Waals surface area contributed by atoms with Crippen molar-refractivity contribution in [3.63, 3.8) is 0 Å². The van der Waals surface area contributed by atoms with Gasteiger partial charge < -0.3 is 15.2 Å². The van der Waals surface area contributed by atoms with Gasteiger partial charge in [0.15, 0.2) is 11.6 Å². The zero-order valence-electron chi connectivity index (χ0n) is 10.3. The summed E-state index contributed by atoms with van der Waals surface area (Å²) in [5, 5.41) is 13.2. The van der Waals surface area contributed by atoms with Gasteiger partial charge in [-0.1, -0.05) is 17.7 Å². The number of aromatic hydroxyl groups is 1. The average molecular weight is 282 g/mol. The first-order valence-electron chi connectivity index (χ1n) is 5.65. The van der Waals surface area contributed by atoms with E-state index in [1.54, 1.807) is 30.3 Å². The smallest absolute Gasteiger partial charge is 0.165 e. The summed E-state index contributed by atoms with van der Waals surface area (Å²) in [6.45, 7) is 0.334. The molecule has 0 saturated carbocycles. The number of hydrogen-bond acceptors (Lipinski definition) is 3. The van der Waals surface area contributed by atoms with E-state index < -0.39 is 5.82 Å². The van der Waals surface area contributed by atoms with Gasteiger partial charge >= 0.3 is 0 Å². The molecule has 0 unspecified atom stereocenters. The fourth-order valence-electron chi connectivity index (χ4n) is 1.68. The molecule has 2 aromatic rings. The number of halogens is 2. The van der Waals surface area contributed by atoms with Crippen LogP contribution in [0.15, 0.2) is 36.4 Å². The van der Waals surface area contributed by atoms with Gasteiger partial charge in [-0.2, -0.15) is 0 Å².